The monoisotopic (exact) mass is 322 g/mol. The van der Waals surface area contributed by atoms with Crippen molar-refractivity contribution in [2.24, 2.45) is 5.92 Å². The molecule has 1 saturated heterocycles. The summed E-state index contributed by atoms with van der Waals surface area (Å²) in [5.41, 5.74) is 0.600. The fourth-order valence-electron chi connectivity index (χ4n) is 3.80. The van der Waals surface area contributed by atoms with Crippen molar-refractivity contribution in [3.8, 4) is 0 Å². The van der Waals surface area contributed by atoms with Crippen molar-refractivity contribution in [3.63, 3.8) is 0 Å². The minimum absolute atomic E-state index is 0.147. The van der Waals surface area contributed by atoms with Crippen molar-refractivity contribution in [2.45, 2.75) is 51.1 Å². The van der Waals surface area contributed by atoms with Crippen LogP contribution in [0.5, 0.6) is 0 Å². The van der Waals surface area contributed by atoms with Crippen LogP contribution >= 0.6 is 0 Å². The molecule has 3 nitrogen and oxygen atoms in total. The molecule has 0 bridgehead atoms. The van der Waals surface area contributed by atoms with Crippen molar-refractivity contribution in [2.75, 3.05) is 13.1 Å². The third kappa shape index (κ3) is 3.89. The Balaban J connectivity index is 1.55. The van der Waals surface area contributed by atoms with Gasteiger partial charge in [0.15, 0.2) is 0 Å². The highest BCUT2D eigenvalue weighted by Gasteiger charge is 2.32. The Morgan fingerprint density at radius 2 is 1.83 bits per heavy atom. The average molecular weight is 322 g/mol. The van der Waals surface area contributed by atoms with Crippen LogP contribution in [0.2, 0.25) is 0 Å². The maximum Gasteiger partial charge on any atom is 0.225 e. The molecule has 126 valence electrons. The van der Waals surface area contributed by atoms with Gasteiger partial charge < -0.3 is 10.2 Å². The summed E-state index contributed by atoms with van der Waals surface area (Å²) in [5.74, 6) is -0.615. The Hall–Kier alpha value is -1.49. The number of hydrogen-bond donors (Lipinski definition) is 1. The minimum atomic E-state index is -0.557. The molecule has 1 aliphatic carbocycles. The van der Waals surface area contributed by atoms with Crippen LogP contribution in [0.25, 0.3) is 0 Å². The van der Waals surface area contributed by atoms with Crippen LogP contribution < -0.4 is 5.32 Å². The van der Waals surface area contributed by atoms with Gasteiger partial charge in [0.05, 0.1) is 0 Å². The lowest BCUT2D eigenvalue weighted by Gasteiger charge is -2.22. The molecular formula is C18H24F2N2O. The van der Waals surface area contributed by atoms with Gasteiger partial charge in [0, 0.05) is 37.2 Å². The molecule has 2 fully saturated rings. The Morgan fingerprint density at radius 3 is 2.48 bits per heavy atom. The predicted molar refractivity (Wildman–Crippen MR) is 84.9 cm³/mol. The molecule has 0 spiro atoms. The number of benzene rings is 1. The Morgan fingerprint density at radius 1 is 1.17 bits per heavy atom. The molecule has 3 rings (SSSR count). The summed E-state index contributed by atoms with van der Waals surface area (Å²) < 4.78 is 26.6. The van der Waals surface area contributed by atoms with E-state index in [4.69, 9.17) is 0 Å². The first-order valence-corrected chi connectivity index (χ1v) is 8.54. The molecule has 1 aromatic carbocycles. The number of amides is 1. The second-order valence-corrected chi connectivity index (χ2v) is 6.84. The fraction of sp³-hybridized carbons (Fsp3) is 0.611. The molecule has 0 aromatic heterocycles. The average Bonchev–Trinajstić information content (AvgIpc) is 3.17. The third-order valence-corrected chi connectivity index (χ3v) is 5.07. The maximum atomic E-state index is 13.3. The van der Waals surface area contributed by atoms with Gasteiger partial charge in [-0.3, -0.25) is 4.79 Å². The van der Waals surface area contributed by atoms with Crippen LogP contribution in [0, 0.1) is 17.6 Å². The Labute approximate surface area is 136 Å². The number of halogens is 2. The van der Waals surface area contributed by atoms with Gasteiger partial charge in [0.25, 0.3) is 0 Å². The van der Waals surface area contributed by atoms with Crippen LogP contribution in [0.15, 0.2) is 18.2 Å². The van der Waals surface area contributed by atoms with E-state index in [1.54, 1.807) is 0 Å². The normalized spacial score (nSPS) is 23.4. The molecule has 2 aliphatic rings. The second kappa shape index (κ2) is 6.95. The number of likely N-dealkylation sites (tertiary alicyclic amines) is 1. The predicted octanol–water partition coefficient (Wildman–Crippen LogP) is 3.41. The first-order chi connectivity index (χ1) is 11.0. The van der Waals surface area contributed by atoms with Gasteiger partial charge in [-0.25, -0.2) is 8.78 Å². The number of hydrogen-bond acceptors (Lipinski definition) is 2. The molecule has 2 atom stereocenters. The van der Waals surface area contributed by atoms with Crippen molar-refractivity contribution in [3.05, 3.63) is 35.4 Å². The molecule has 1 heterocycles. The summed E-state index contributed by atoms with van der Waals surface area (Å²) in [6, 6.07) is 3.63. The van der Waals surface area contributed by atoms with Gasteiger partial charge in [-0.15, -0.1) is 0 Å². The molecule has 1 N–H and O–H groups in total. The molecule has 5 heteroatoms. The number of carbonyl (C=O) groups excluding carboxylic acids is 1. The lowest BCUT2D eigenvalue weighted by atomic mass is 10.1. The quantitative estimate of drug-likeness (QED) is 0.921. The van der Waals surface area contributed by atoms with Gasteiger partial charge in [0.2, 0.25) is 5.91 Å². The van der Waals surface area contributed by atoms with E-state index in [1.807, 2.05) is 11.8 Å². The Kier molecular flexibility index (Phi) is 4.95. The topological polar surface area (TPSA) is 32.3 Å². The number of nitrogens with one attached hydrogen (secondary N) is 1. The molecule has 1 amide bonds. The van der Waals surface area contributed by atoms with Crippen molar-refractivity contribution in [1.82, 2.24) is 10.2 Å². The Bertz CT molecular complexity index is 552. The number of nitrogens with zero attached hydrogens (tertiary/aromatic N) is 1. The highest BCUT2D eigenvalue weighted by Crippen LogP contribution is 2.28. The molecule has 1 aliphatic heterocycles. The molecule has 2 unspecified atom stereocenters. The van der Waals surface area contributed by atoms with Crippen LogP contribution in [0.4, 0.5) is 8.78 Å². The zero-order valence-electron chi connectivity index (χ0n) is 13.5. The van der Waals surface area contributed by atoms with E-state index in [-0.39, 0.29) is 23.9 Å². The number of carbonyl (C=O) groups is 1. The summed E-state index contributed by atoms with van der Waals surface area (Å²) in [6.45, 7) is 3.37. The summed E-state index contributed by atoms with van der Waals surface area (Å²) in [5, 5.41) is 3.40. The zero-order chi connectivity index (χ0) is 16.4. The lowest BCUT2D eigenvalue weighted by Crippen LogP contribution is -2.38. The van der Waals surface area contributed by atoms with Gasteiger partial charge in [-0.1, -0.05) is 12.8 Å². The first-order valence-electron chi connectivity index (χ1n) is 8.54. The molecule has 23 heavy (non-hydrogen) atoms. The summed E-state index contributed by atoms with van der Waals surface area (Å²) in [7, 11) is 0. The molecule has 0 radical (unpaired) electrons. The lowest BCUT2D eigenvalue weighted by molar-refractivity contribution is -0.134. The van der Waals surface area contributed by atoms with E-state index in [2.05, 4.69) is 5.32 Å². The van der Waals surface area contributed by atoms with E-state index in [0.29, 0.717) is 12.1 Å². The first kappa shape index (κ1) is 16.4. The second-order valence-electron chi connectivity index (χ2n) is 6.84. The van der Waals surface area contributed by atoms with E-state index < -0.39 is 11.6 Å². The van der Waals surface area contributed by atoms with Crippen molar-refractivity contribution < 1.29 is 13.6 Å². The van der Waals surface area contributed by atoms with E-state index in [9.17, 15) is 13.6 Å². The van der Waals surface area contributed by atoms with Crippen LogP contribution in [0.1, 0.15) is 50.6 Å². The zero-order valence-corrected chi connectivity index (χ0v) is 13.5. The van der Waals surface area contributed by atoms with Crippen LogP contribution in [0.3, 0.4) is 0 Å². The fourth-order valence-corrected chi connectivity index (χ4v) is 3.80. The summed E-state index contributed by atoms with van der Waals surface area (Å²) in [6.07, 6.45) is 5.25. The summed E-state index contributed by atoms with van der Waals surface area (Å²) in [4.78, 5) is 14.4. The molecule has 1 aromatic rings. The molecule has 1 saturated carbocycles. The highest BCUT2D eigenvalue weighted by molar-refractivity contribution is 5.79. The van der Waals surface area contributed by atoms with Crippen molar-refractivity contribution in [1.29, 1.82) is 0 Å². The van der Waals surface area contributed by atoms with Crippen LogP contribution in [-0.2, 0) is 4.79 Å². The van der Waals surface area contributed by atoms with Crippen molar-refractivity contribution >= 4 is 5.91 Å². The van der Waals surface area contributed by atoms with Crippen LogP contribution in [-0.4, -0.2) is 29.9 Å². The minimum Gasteiger partial charge on any atom is -0.341 e. The van der Waals surface area contributed by atoms with Gasteiger partial charge >= 0.3 is 0 Å². The van der Waals surface area contributed by atoms with Gasteiger partial charge in [-0.2, -0.15) is 0 Å². The standard InChI is InChI=1S/C18H24F2N2O/c1-12(14-8-15(19)10-16(20)9-14)21-17-6-7-22(11-17)18(23)13-4-2-3-5-13/h8-10,12-13,17,21H,2-7,11H2,1H3. The van der Waals surface area contributed by atoms with E-state index in [0.717, 1.165) is 44.7 Å². The summed E-state index contributed by atoms with van der Waals surface area (Å²) >= 11 is 0. The van der Waals surface area contributed by atoms with E-state index >= 15 is 0 Å². The van der Waals surface area contributed by atoms with E-state index in [1.165, 1.54) is 12.1 Å². The van der Waals surface area contributed by atoms with Gasteiger partial charge in [-0.05, 0) is 43.9 Å². The molecular weight excluding hydrogens is 298 g/mol. The highest BCUT2D eigenvalue weighted by atomic mass is 19.1. The maximum absolute atomic E-state index is 13.3. The third-order valence-electron chi connectivity index (χ3n) is 5.07. The largest absolute Gasteiger partial charge is 0.341 e. The smallest absolute Gasteiger partial charge is 0.225 e. The SMILES string of the molecule is CC(NC1CCN(C(=O)C2CCCC2)C1)c1cc(F)cc(F)c1. The van der Waals surface area contributed by atoms with Gasteiger partial charge in [0.1, 0.15) is 11.6 Å². The number of rotatable bonds is 4.